The van der Waals surface area contributed by atoms with Gasteiger partial charge >= 0.3 is 0 Å². The van der Waals surface area contributed by atoms with Gasteiger partial charge in [-0.1, -0.05) is 35.9 Å². The molecular formula is C25H23NO6. The van der Waals surface area contributed by atoms with Crippen molar-refractivity contribution in [2.45, 2.75) is 19.5 Å². The van der Waals surface area contributed by atoms with Crippen LogP contribution in [-0.4, -0.2) is 35.9 Å². The normalized spacial score (nSPS) is 17.6. The molecule has 4 rings (SSSR count). The highest BCUT2D eigenvalue weighted by Gasteiger charge is 2.47. The number of methoxy groups -OCH3 is 2. The van der Waals surface area contributed by atoms with E-state index in [1.165, 1.54) is 25.4 Å². The van der Waals surface area contributed by atoms with Gasteiger partial charge in [0, 0.05) is 0 Å². The topological polar surface area (TPSA) is 89.2 Å². The number of nitrogens with zero attached hydrogens (tertiary/aromatic N) is 1. The Bertz CT molecular complexity index is 1170. The van der Waals surface area contributed by atoms with Crippen LogP contribution in [0.5, 0.6) is 11.5 Å². The van der Waals surface area contributed by atoms with Crippen LogP contribution in [0.15, 0.2) is 70.9 Å². The van der Waals surface area contributed by atoms with Crippen molar-refractivity contribution >= 4 is 17.4 Å². The number of aryl methyl sites for hydroxylation is 1. The van der Waals surface area contributed by atoms with E-state index in [9.17, 15) is 14.7 Å². The number of carbonyl (C=O) groups is 2. The van der Waals surface area contributed by atoms with Crippen LogP contribution in [-0.2, 0) is 16.1 Å². The molecule has 1 saturated heterocycles. The minimum Gasteiger partial charge on any atom is -0.506 e. The Morgan fingerprint density at radius 3 is 2.31 bits per heavy atom. The van der Waals surface area contributed by atoms with Crippen LogP contribution in [0.1, 0.15) is 28.5 Å². The van der Waals surface area contributed by atoms with E-state index in [-0.39, 0.29) is 23.4 Å². The highest BCUT2D eigenvalue weighted by Crippen LogP contribution is 2.44. The van der Waals surface area contributed by atoms with E-state index in [2.05, 4.69) is 0 Å². The largest absolute Gasteiger partial charge is 0.506 e. The van der Waals surface area contributed by atoms with Crippen LogP contribution >= 0.6 is 0 Å². The number of ether oxygens (including phenoxy) is 2. The van der Waals surface area contributed by atoms with Crippen LogP contribution in [0.25, 0.3) is 5.76 Å². The lowest BCUT2D eigenvalue weighted by atomic mass is 9.94. The molecule has 164 valence electrons. The third kappa shape index (κ3) is 3.62. The molecule has 1 amide bonds. The fourth-order valence-corrected chi connectivity index (χ4v) is 4.02. The Hall–Kier alpha value is -4.00. The molecule has 0 aliphatic carbocycles. The molecule has 7 nitrogen and oxygen atoms in total. The van der Waals surface area contributed by atoms with Crippen molar-refractivity contribution in [2.75, 3.05) is 14.2 Å². The molecular weight excluding hydrogens is 410 g/mol. The average molecular weight is 433 g/mol. The van der Waals surface area contributed by atoms with E-state index in [0.717, 1.165) is 5.56 Å². The molecule has 0 saturated carbocycles. The summed E-state index contributed by atoms with van der Waals surface area (Å²) in [7, 11) is 2.91. The summed E-state index contributed by atoms with van der Waals surface area (Å²) in [5, 5.41) is 11.4. The molecule has 1 aliphatic heterocycles. The number of likely N-dealkylation sites (tertiary alicyclic amines) is 1. The number of furan rings is 1. The molecule has 1 fully saturated rings. The number of Topliss-reactive ketones (excluding diaryl/α,β-unsaturated/α-hetero) is 1. The van der Waals surface area contributed by atoms with Crippen LogP contribution in [0.2, 0.25) is 0 Å². The number of hydrogen-bond acceptors (Lipinski definition) is 6. The van der Waals surface area contributed by atoms with Crippen molar-refractivity contribution in [1.29, 1.82) is 0 Å². The van der Waals surface area contributed by atoms with Crippen LogP contribution < -0.4 is 9.47 Å². The third-order valence-corrected chi connectivity index (χ3v) is 5.47. The number of ketones is 1. The van der Waals surface area contributed by atoms with Gasteiger partial charge in [-0.05, 0) is 36.8 Å². The van der Waals surface area contributed by atoms with Gasteiger partial charge in [0.1, 0.15) is 28.6 Å². The zero-order valence-corrected chi connectivity index (χ0v) is 18.0. The van der Waals surface area contributed by atoms with E-state index < -0.39 is 17.7 Å². The van der Waals surface area contributed by atoms with E-state index in [0.29, 0.717) is 22.8 Å². The number of carbonyl (C=O) groups excluding carboxylic acids is 2. The van der Waals surface area contributed by atoms with Gasteiger partial charge < -0.3 is 23.9 Å². The minimum atomic E-state index is -0.811. The lowest BCUT2D eigenvalue weighted by molar-refractivity contribution is -0.140. The number of aliphatic hydroxyl groups excluding tert-OH is 1. The van der Waals surface area contributed by atoms with Gasteiger partial charge in [-0.2, -0.15) is 0 Å². The molecule has 3 aromatic rings. The van der Waals surface area contributed by atoms with Gasteiger partial charge in [0.25, 0.3) is 11.7 Å². The lowest BCUT2D eigenvalue weighted by Crippen LogP contribution is -2.29. The average Bonchev–Trinajstić information content (AvgIpc) is 3.40. The quantitative estimate of drug-likeness (QED) is 0.356. The smallest absolute Gasteiger partial charge is 0.296 e. The van der Waals surface area contributed by atoms with Crippen molar-refractivity contribution in [3.8, 4) is 11.5 Å². The van der Waals surface area contributed by atoms with Crippen molar-refractivity contribution < 1.29 is 28.6 Å². The summed E-state index contributed by atoms with van der Waals surface area (Å²) in [5.41, 5.74) is 1.84. The molecule has 0 radical (unpaired) electrons. The molecule has 0 bridgehead atoms. The van der Waals surface area contributed by atoms with Crippen molar-refractivity contribution in [3.63, 3.8) is 0 Å². The second-order valence-corrected chi connectivity index (χ2v) is 7.46. The predicted molar refractivity (Wildman–Crippen MR) is 117 cm³/mol. The van der Waals surface area contributed by atoms with Crippen LogP contribution in [0.4, 0.5) is 0 Å². The highest BCUT2D eigenvalue weighted by molar-refractivity contribution is 6.46. The summed E-state index contributed by atoms with van der Waals surface area (Å²) in [5.74, 6) is -0.688. The van der Waals surface area contributed by atoms with Crippen molar-refractivity contribution in [3.05, 3.63) is 88.9 Å². The molecule has 2 aromatic carbocycles. The first-order chi connectivity index (χ1) is 15.5. The maximum Gasteiger partial charge on any atom is 0.296 e. The summed E-state index contributed by atoms with van der Waals surface area (Å²) in [4.78, 5) is 27.7. The Kier molecular flexibility index (Phi) is 5.73. The van der Waals surface area contributed by atoms with E-state index in [1.807, 2.05) is 31.2 Å². The standard InChI is InChI=1S/C25H23NO6/c1-15-7-4-8-16(13-15)22-21(23(27)20-18(30-2)10-5-11-19(20)31-3)24(28)25(29)26(22)14-17-9-6-12-32-17/h4-13,22,27H,14H2,1-3H3/b23-21+. The SMILES string of the molecule is COc1cccc(OC)c1/C(O)=C1\C(=O)C(=O)N(Cc2ccco2)C1c1cccc(C)c1. The van der Waals surface area contributed by atoms with Gasteiger partial charge in [0.2, 0.25) is 0 Å². The molecule has 1 aromatic heterocycles. The minimum absolute atomic E-state index is 0.0324. The molecule has 7 heteroatoms. The molecule has 0 spiro atoms. The second kappa shape index (κ2) is 8.63. The summed E-state index contributed by atoms with van der Waals surface area (Å²) in [6.07, 6.45) is 1.51. The summed E-state index contributed by atoms with van der Waals surface area (Å²) in [6, 6.07) is 15.1. The van der Waals surface area contributed by atoms with E-state index >= 15 is 0 Å². The van der Waals surface area contributed by atoms with Gasteiger partial charge in [-0.25, -0.2) is 0 Å². The number of benzene rings is 2. The van der Waals surface area contributed by atoms with Gasteiger partial charge in [-0.3, -0.25) is 9.59 Å². The lowest BCUT2D eigenvalue weighted by Gasteiger charge is -2.25. The first-order valence-electron chi connectivity index (χ1n) is 10.0. The number of rotatable bonds is 6. The van der Waals surface area contributed by atoms with Gasteiger partial charge in [0.05, 0.1) is 38.6 Å². The summed E-state index contributed by atoms with van der Waals surface area (Å²) >= 11 is 0. The fourth-order valence-electron chi connectivity index (χ4n) is 4.02. The van der Waals surface area contributed by atoms with Crippen LogP contribution in [0.3, 0.4) is 0 Å². The molecule has 1 aliphatic rings. The Morgan fingerprint density at radius 2 is 1.72 bits per heavy atom. The first kappa shape index (κ1) is 21.2. The Balaban J connectivity index is 1.95. The monoisotopic (exact) mass is 433 g/mol. The molecule has 1 unspecified atom stereocenters. The van der Waals surface area contributed by atoms with Crippen molar-refractivity contribution in [1.82, 2.24) is 4.90 Å². The summed E-state index contributed by atoms with van der Waals surface area (Å²) in [6.45, 7) is 2.00. The maximum absolute atomic E-state index is 13.2. The molecule has 32 heavy (non-hydrogen) atoms. The fraction of sp³-hybridized carbons (Fsp3) is 0.200. The third-order valence-electron chi connectivity index (χ3n) is 5.47. The zero-order valence-electron chi connectivity index (χ0n) is 18.0. The van der Waals surface area contributed by atoms with E-state index in [4.69, 9.17) is 13.9 Å². The summed E-state index contributed by atoms with van der Waals surface area (Å²) < 4.78 is 16.2. The van der Waals surface area contributed by atoms with E-state index in [1.54, 1.807) is 30.3 Å². The molecule has 1 atom stereocenters. The Labute approximate surface area is 185 Å². The number of amides is 1. The van der Waals surface area contributed by atoms with Gasteiger partial charge in [-0.15, -0.1) is 0 Å². The molecule has 2 heterocycles. The van der Waals surface area contributed by atoms with Gasteiger partial charge in [0.15, 0.2) is 0 Å². The Morgan fingerprint density at radius 1 is 1.03 bits per heavy atom. The number of aliphatic hydroxyl groups is 1. The number of hydrogen-bond donors (Lipinski definition) is 1. The highest BCUT2D eigenvalue weighted by atomic mass is 16.5. The van der Waals surface area contributed by atoms with Crippen molar-refractivity contribution in [2.24, 2.45) is 0 Å². The first-order valence-corrected chi connectivity index (χ1v) is 10.0. The molecule has 1 N–H and O–H groups in total. The van der Waals surface area contributed by atoms with Crippen LogP contribution in [0, 0.1) is 6.92 Å². The maximum atomic E-state index is 13.2. The predicted octanol–water partition coefficient (Wildman–Crippen LogP) is 4.23. The zero-order chi connectivity index (χ0) is 22.8. The second-order valence-electron chi connectivity index (χ2n) is 7.46.